The minimum absolute atomic E-state index is 0.0843. The summed E-state index contributed by atoms with van der Waals surface area (Å²) in [6.45, 7) is 8.71. The number of methoxy groups -OCH3 is 1. The first-order valence-electron chi connectivity index (χ1n) is 9.78. The van der Waals surface area contributed by atoms with Crippen LogP contribution in [0.25, 0.3) is 11.5 Å². The third-order valence-corrected chi connectivity index (χ3v) is 5.63. The molecule has 0 saturated heterocycles. The van der Waals surface area contributed by atoms with Crippen molar-refractivity contribution in [1.29, 1.82) is 0 Å². The molecule has 0 aliphatic carbocycles. The monoisotopic (exact) mass is 425 g/mol. The van der Waals surface area contributed by atoms with Gasteiger partial charge in [0, 0.05) is 17.7 Å². The first kappa shape index (κ1) is 21.9. The van der Waals surface area contributed by atoms with Crippen LogP contribution in [0.2, 0.25) is 0 Å². The number of nitrogens with zero attached hydrogens (tertiary/aromatic N) is 2. The van der Waals surface area contributed by atoms with E-state index in [2.05, 4.69) is 48.4 Å². The second-order valence-electron chi connectivity index (χ2n) is 7.99. The Bertz CT molecular complexity index is 993. The van der Waals surface area contributed by atoms with E-state index in [4.69, 9.17) is 9.15 Å². The molecule has 0 spiro atoms. The molecule has 0 aliphatic heterocycles. The lowest BCUT2D eigenvalue weighted by Gasteiger charge is -2.18. The highest BCUT2D eigenvalue weighted by atomic mass is 32.2. The molecule has 0 saturated carbocycles. The summed E-state index contributed by atoms with van der Waals surface area (Å²) in [5, 5.41) is 11.1. The number of aromatic nitrogens is 2. The molecule has 1 N–H and O–H groups in total. The predicted octanol–water partition coefficient (Wildman–Crippen LogP) is 4.84. The van der Waals surface area contributed by atoms with Crippen molar-refractivity contribution in [1.82, 2.24) is 15.5 Å². The Morgan fingerprint density at radius 3 is 2.50 bits per heavy atom. The van der Waals surface area contributed by atoms with Gasteiger partial charge in [0.25, 0.3) is 5.22 Å². The van der Waals surface area contributed by atoms with Crippen molar-refractivity contribution in [3.63, 3.8) is 0 Å². The zero-order valence-corrected chi connectivity index (χ0v) is 18.7. The highest BCUT2D eigenvalue weighted by Crippen LogP contribution is 2.28. The van der Waals surface area contributed by atoms with Crippen LogP contribution in [0.1, 0.15) is 38.8 Å². The van der Waals surface area contributed by atoms with Gasteiger partial charge in [-0.15, -0.1) is 10.2 Å². The maximum Gasteiger partial charge on any atom is 0.277 e. The second kappa shape index (κ2) is 9.34. The molecule has 3 aromatic rings. The third-order valence-electron chi connectivity index (χ3n) is 4.70. The number of carbonyl (C=O) groups is 1. The maximum absolute atomic E-state index is 12.5. The highest BCUT2D eigenvalue weighted by molar-refractivity contribution is 8.00. The van der Waals surface area contributed by atoms with E-state index in [1.807, 2.05) is 43.3 Å². The standard InChI is InChI=1S/C23H27N3O3S/c1-15(20(27)24-14-17-8-6-7-9-19(17)28-5)30-22-26-25-21(29-22)16-10-12-18(13-11-16)23(2,3)4/h6-13,15H,14H2,1-5H3,(H,24,27). The molecule has 30 heavy (non-hydrogen) atoms. The van der Waals surface area contributed by atoms with E-state index in [9.17, 15) is 4.79 Å². The van der Waals surface area contributed by atoms with Crippen LogP contribution in [0.4, 0.5) is 0 Å². The topological polar surface area (TPSA) is 77.2 Å². The lowest BCUT2D eigenvalue weighted by atomic mass is 9.87. The van der Waals surface area contributed by atoms with Crippen molar-refractivity contribution in [2.75, 3.05) is 7.11 Å². The van der Waals surface area contributed by atoms with Gasteiger partial charge in [-0.25, -0.2) is 0 Å². The molecule has 1 amide bonds. The largest absolute Gasteiger partial charge is 0.496 e. The van der Waals surface area contributed by atoms with Gasteiger partial charge in [0.2, 0.25) is 11.8 Å². The minimum atomic E-state index is -0.378. The van der Waals surface area contributed by atoms with Crippen molar-refractivity contribution >= 4 is 17.7 Å². The Balaban J connectivity index is 1.59. The SMILES string of the molecule is COc1ccccc1CNC(=O)C(C)Sc1nnc(-c2ccc(C(C)(C)C)cc2)o1. The average Bonchev–Trinajstić information content (AvgIpc) is 3.20. The van der Waals surface area contributed by atoms with E-state index in [0.29, 0.717) is 17.7 Å². The number of thioether (sulfide) groups is 1. The van der Waals surface area contributed by atoms with Gasteiger partial charge in [0.1, 0.15) is 5.75 Å². The van der Waals surface area contributed by atoms with Crippen LogP contribution in [0.3, 0.4) is 0 Å². The number of benzene rings is 2. The van der Waals surface area contributed by atoms with E-state index in [1.165, 1.54) is 17.3 Å². The van der Waals surface area contributed by atoms with Crippen LogP contribution in [0.5, 0.6) is 5.75 Å². The number of nitrogens with one attached hydrogen (secondary N) is 1. The number of para-hydroxylation sites is 1. The smallest absolute Gasteiger partial charge is 0.277 e. The molecule has 2 aromatic carbocycles. The first-order chi connectivity index (χ1) is 14.3. The lowest BCUT2D eigenvalue weighted by molar-refractivity contribution is -0.120. The van der Waals surface area contributed by atoms with Crippen LogP contribution < -0.4 is 10.1 Å². The van der Waals surface area contributed by atoms with Crippen LogP contribution >= 0.6 is 11.8 Å². The Kier molecular flexibility index (Phi) is 6.82. The summed E-state index contributed by atoms with van der Waals surface area (Å²) in [5.41, 5.74) is 3.10. The number of carbonyl (C=O) groups excluding carboxylic acids is 1. The first-order valence-corrected chi connectivity index (χ1v) is 10.7. The molecule has 6 nitrogen and oxygen atoms in total. The van der Waals surface area contributed by atoms with Gasteiger partial charge in [0.15, 0.2) is 0 Å². The third kappa shape index (κ3) is 5.42. The highest BCUT2D eigenvalue weighted by Gasteiger charge is 2.19. The summed E-state index contributed by atoms with van der Waals surface area (Å²) in [4.78, 5) is 12.5. The summed E-state index contributed by atoms with van der Waals surface area (Å²) < 4.78 is 11.1. The Hall–Kier alpha value is -2.80. The molecule has 1 unspecified atom stereocenters. The van der Waals surface area contributed by atoms with Gasteiger partial charge in [-0.3, -0.25) is 4.79 Å². The van der Waals surface area contributed by atoms with Gasteiger partial charge in [-0.2, -0.15) is 0 Å². The van der Waals surface area contributed by atoms with E-state index in [-0.39, 0.29) is 16.6 Å². The molecule has 0 radical (unpaired) electrons. The molecule has 0 bridgehead atoms. The number of hydrogen-bond donors (Lipinski definition) is 1. The van der Waals surface area contributed by atoms with Crippen molar-refractivity contribution in [2.24, 2.45) is 0 Å². The lowest BCUT2D eigenvalue weighted by Crippen LogP contribution is -2.30. The maximum atomic E-state index is 12.5. The van der Waals surface area contributed by atoms with Crippen LogP contribution in [-0.2, 0) is 16.8 Å². The van der Waals surface area contributed by atoms with Gasteiger partial charge in [-0.1, -0.05) is 62.9 Å². The van der Waals surface area contributed by atoms with Gasteiger partial charge < -0.3 is 14.5 Å². The summed E-state index contributed by atoms with van der Waals surface area (Å²) in [5.74, 6) is 1.08. The van der Waals surface area contributed by atoms with Crippen molar-refractivity contribution in [3.05, 3.63) is 59.7 Å². The molecular formula is C23H27N3O3S. The van der Waals surface area contributed by atoms with Crippen molar-refractivity contribution in [3.8, 4) is 17.2 Å². The van der Waals surface area contributed by atoms with Gasteiger partial charge in [-0.05, 0) is 36.1 Å². The molecule has 0 fully saturated rings. The number of rotatable bonds is 7. The normalized spacial score (nSPS) is 12.4. The van der Waals surface area contributed by atoms with E-state index >= 15 is 0 Å². The molecular weight excluding hydrogens is 398 g/mol. The zero-order valence-electron chi connectivity index (χ0n) is 17.9. The Labute approximate surface area is 181 Å². The Morgan fingerprint density at radius 1 is 1.13 bits per heavy atom. The molecule has 1 heterocycles. The number of hydrogen-bond acceptors (Lipinski definition) is 6. The molecule has 1 aromatic heterocycles. The summed E-state index contributed by atoms with van der Waals surface area (Å²) in [6, 6.07) is 15.7. The molecule has 1 atom stereocenters. The average molecular weight is 426 g/mol. The fourth-order valence-electron chi connectivity index (χ4n) is 2.87. The fourth-order valence-corrected chi connectivity index (χ4v) is 3.57. The van der Waals surface area contributed by atoms with Crippen LogP contribution in [-0.4, -0.2) is 28.5 Å². The Morgan fingerprint density at radius 2 is 1.83 bits per heavy atom. The zero-order chi connectivity index (χ0) is 21.7. The van der Waals surface area contributed by atoms with Gasteiger partial charge in [0.05, 0.1) is 12.4 Å². The van der Waals surface area contributed by atoms with Gasteiger partial charge >= 0.3 is 0 Å². The summed E-state index contributed by atoms with van der Waals surface area (Å²) in [6.07, 6.45) is 0. The molecule has 0 aliphatic rings. The predicted molar refractivity (Wildman–Crippen MR) is 119 cm³/mol. The minimum Gasteiger partial charge on any atom is -0.496 e. The molecule has 7 heteroatoms. The molecule has 158 valence electrons. The summed E-state index contributed by atoms with van der Waals surface area (Å²) >= 11 is 1.24. The molecule has 3 rings (SSSR count). The summed E-state index contributed by atoms with van der Waals surface area (Å²) in [7, 11) is 1.61. The van der Waals surface area contributed by atoms with Crippen LogP contribution in [0, 0.1) is 0 Å². The number of ether oxygens (including phenoxy) is 1. The van der Waals surface area contributed by atoms with E-state index < -0.39 is 0 Å². The van der Waals surface area contributed by atoms with Crippen molar-refractivity contribution < 1.29 is 13.9 Å². The second-order valence-corrected chi connectivity index (χ2v) is 9.28. The van der Waals surface area contributed by atoms with Crippen LogP contribution in [0.15, 0.2) is 58.2 Å². The van der Waals surface area contributed by atoms with E-state index in [0.717, 1.165) is 16.9 Å². The van der Waals surface area contributed by atoms with E-state index in [1.54, 1.807) is 7.11 Å². The van der Waals surface area contributed by atoms with Crippen molar-refractivity contribution in [2.45, 2.75) is 50.1 Å². The fraction of sp³-hybridized carbons (Fsp3) is 0.348. The quantitative estimate of drug-likeness (QED) is 0.546. The number of amides is 1.